The summed E-state index contributed by atoms with van der Waals surface area (Å²) in [6.07, 6.45) is 0. The number of benzene rings is 2. The van der Waals surface area contributed by atoms with Crippen molar-refractivity contribution in [2.75, 3.05) is 11.9 Å². The van der Waals surface area contributed by atoms with Gasteiger partial charge in [0.2, 0.25) is 0 Å². The predicted molar refractivity (Wildman–Crippen MR) is 91.0 cm³/mol. The molecule has 2 aliphatic rings. The van der Waals surface area contributed by atoms with Crippen molar-refractivity contribution in [3.05, 3.63) is 74.9 Å². The van der Waals surface area contributed by atoms with E-state index in [0.29, 0.717) is 15.6 Å². The zero-order valence-corrected chi connectivity index (χ0v) is 13.8. The van der Waals surface area contributed by atoms with Gasteiger partial charge in [-0.2, -0.15) is 0 Å². The van der Waals surface area contributed by atoms with Crippen LogP contribution in [0.4, 0.5) is 5.69 Å². The minimum atomic E-state index is -0.667. The molecule has 0 saturated carbocycles. The molecular weight excluding hydrogens is 333 g/mol. The Hall–Kier alpha value is -1.97. The van der Waals surface area contributed by atoms with Gasteiger partial charge in [0, 0.05) is 15.7 Å². The molecule has 3 nitrogen and oxygen atoms in total. The third-order valence-electron chi connectivity index (χ3n) is 4.56. The molecule has 0 fully saturated rings. The minimum absolute atomic E-state index is 0.256. The fourth-order valence-corrected chi connectivity index (χ4v) is 3.81. The molecule has 0 radical (unpaired) electrons. The summed E-state index contributed by atoms with van der Waals surface area (Å²) in [7, 11) is 0. The largest absolute Gasteiger partial charge is 0.456 e. The van der Waals surface area contributed by atoms with Crippen LogP contribution in [0.2, 0.25) is 10.0 Å². The number of halogens is 2. The molecule has 0 aliphatic carbocycles. The summed E-state index contributed by atoms with van der Waals surface area (Å²) in [4.78, 5) is 12.4. The first kappa shape index (κ1) is 14.6. The predicted octanol–water partition coefficient (Wildman–Crippen LogP) is 4.54. The van der Waals surface area contributed by atoms with E-state index in [1.165, 1.54) is 0 Å². The first-order chi connectivity index (χ1) is 11.0. The summed E-state index contributed by atoms with van der Waals surface area (Å²) < 4.78 is 5.27. The number of cyclic esters (lactones) is 1. The van der Waals surface area contributed by atoms with Crippen LogP contribution in [0.25, 0.3) is 0 Å². The molecule has 0 bridgehead atoms. The van der Waals surface area contributed by atoms with Crippen LogP contribution in [0, 0.1) is 0 Å². The Bertz CT molecular complexity index is 875. The maximum absolute atomic E-state index is 12.4. The van der Waals surface area contributed by atoms with E-state index in [2.05, 4.69) is 5.32 Å². The van der Waals surface area contributed by atoms with Crippen LogP contribution in [0.3, 0.4) is 0 Å². The molecule has 0 spiro atoms. The third-order valence-corrected chi connectivity index (χ3v) is 5.03. The van der Waals surface area contributed by atoms with Crippen molar-refractivity contribution < 1.29 is 9.53 Å². The number of esters is 1. The molecule has 2 heterocycles. The molecule has 1 N–H and O–H groups in total. The summed E-state index contributed by atoms with van der Waals surface area (Å²) >= 11 is 12.4. The highest BCUT2D eigenvalue weighted by molar-refractivity contribution is 6.31. The molecule has 116 valence electrons. The maximum Gasteiger partial charge on any atom is 0.337 e. The first-order valence-corrected chi connectivity index (χ1v) is 7.99. The van der Waals surface area contributed by atoms with Crippen LogP contribution in [0.1, 0.15) is 18.1 Å². The average Bonchev–Trinajstić information content (AvgIpc) is 2.90. The first-order valence-electron chi connectivity index (χ1n) is 7.24. The monoisotopic (exact) mass is 345 g/mol. The number of hydrogen-bond donors (Lipinski definition) is 1. The van der Waals surface area contributed by atoms with Gasteiger partial charge in [0.05, 0.1) is 16.7 Å². The summed E-state index contributed by atoms with van der Waals surface area (Å²) in [5.74, 6) is -0.305. The van der Waals surface area contributed by atoms with Gasteiger partial charge in [-0.3, -0.25) is 0 Å². The van der Waals surface area contributed by atoms with Crippen molar-refractivity contribution in [1.82, 2.24) is 0 Å². The topological polar surface area (TPSA) is 38.3 Å². The van der Waals surface area contributed by atoms with Crippen LogP contribution in [-0.2, 0) is 14.9 Å². The summed E-state index contributed by atoms with van der Waals surface area (Å²) in [5, 5.41) is 4.54. The molecule has 2 aliphatic heterocycles. The SMILES string of the molecule is CC1(c2cccc(Cl)c2)C2=C(COC2=O)Nc2ccc(Cl)cc21. The lowest BCUT2D eigenvalue weighted by Crippen LogP contribution is -2.34. The molecule has 2 aromatic rings. The number of hydrogen-bond acceptors (Lipinski definition) is 3. The van der Waals surface area contributed by atoms with E-state index in [9.17, 15) is 4.79 Å². The highest BCUT2D eigenvalue weighted by atomic mass is 35.5. The summed E-state index contributed by atoms with van der Waals surface area (Å²) in [5.41, 5.74) is 3.54. The Kier molecular flexibility index (Phi) is 3.19. The Balaban J connectivity index is 2.05. The molecule has 5 heteroatoms. The van der Waals surface area contributed by atoms with Gasteiger partial charge >= 0.3 is 5.97 Å². The van der Waals surface area contributed by atoms with E-state index in [1.807, 2.05) is 49.4 Å². The number of nitrogens with one attached hydrogen (secondary N) is 1. The van der Waals surface area contributed by atoms with Gasteiger partial charge in [-0.05, 0) is 48.4 Å². The van der Waals surface area contributed by atoms with Crippen LogP contribution < -0.4 is 5.32 Å². The van der Waals surface area contributed by atoms with Gasteiger partial charge in [-0.1, -0.05) is 35.3 Å². The molecule has 2 aromatic carbocycles. The van der Waals surface area contributed by atoms with E-state index < -0.39 is 5.41 Å². The van der Waals surface area contributed by atoms with Gasteiger partial charge in [0.15, 0.2) is 0 Å². The number of carbonyl (C=O) groups excluding carboxylic acids is 1. The fraction of sp³-hybridized carbons (Fsp3) is 0.167. The van der Waals surface area contributed by atoms with E-state index >= 15 is 0 Å². The van der Waals surface area contributed by atoms with Crippen molar-refractivity contribution in [3.63, 3.8) is 0 Å². The third kappa shape index (κ3) is 2.07. The number of ether oxygens (including phenoxy) is 1. The molecule has 1 atom stereocenters. The fourth-order valence-electron chi connectivity index (χ4n) is 3.45. The maximum atomic E-state index is 12.4. The van der Waals surface area contributed by atoms with Gasteiger partial charge in [-0.25, -0.2) is 4.79 Å². The Morgan fingerprint density at radius 2 is 1.91 bits per heavy atom. The molecule has 0 saturated heterocycles. The summed E-state index contributed by atoms with van der Waals surface area (Å²) in [6, 6.07) is 13.2. The second kappa shape index (κ2) is 5.02. The molecular formula is C18H13Cl2NO2. The van der Waals surface area contributed by atoms with Crippen LogP contribution in [0.15, 0.2) is 53.7 Å². The second-order valence-corrected chi connectivity index (χ2v) is 6.75. The lowest BCUT2D eigenvalue weighted by Gasteiger charge is -2.37. The van der Waals surface area contributed by atoms with Gasteiger partial charge in [-0.15, -0.1) is 0 Å². The zero-order valence-electron chi connectivity index (χ0n) is 12.3. The van der Waals surface area contributed by atoms with Crippen molar-refractivity contribution >= 4 is 34.9 Å². The van der Waals surface area contributed by atoms with E-state index in [4.69, 9.17) is 27.9 Å². The van der Waals surface area contributed by atoms with Gasteiger partial charge in [0.25, 0.3) is 0 Å². The molecule has 4 rings (SSSR count). The second-order valence-electron chi connectivity index (χ2n) is 5.88. The van der Waals surface area contributed by atoms with Crippen molar-refractivity contribution in [2.45, 2.75) is 12.3 Å². The number of carbonyl (C=O) groups is 1. The zero-order chi connectivity index (χ0) is 16.2. The molecule has 1 unspecified atom stereocenters. The Morgan fingerprint density at radius 3 is 2.70 bits per heavy atom. The van der Waals surface area contributed by atoms with E-state index in [0.717, 1.165) is 22.5 Å². The highest BCUT2D eigenvalue weighted by Crippen LogP contribution is 2.49. The average molecular weight is 346 g/mol. The smallest absolute Gasteiger partial charge is 0.337 e. The molecule has 0 aromatic heterocycles. The van der Waals surface area contributed by atoms with Gasteiger partial charge < -0.3 is 10.1 Å². The minimum Gasteiger partial charge on any atom is -0.456 e. The van der Waals surface area contributed by atoms with Crippen LogP contribution in [-0.4, -0.2) is 12.6 Å². The van der Waals surface area contributed by atoms with E-state index in [1.54, 1.807) is 0 Å². The van der Waals surface area contributed by atoms with E-state index in [-0.39, 0.29) is 12.6 Å². The van der Waals surface area contributed by atoms with Crippen molar-refractivity contribution in [3.8, 4) is 0 Å². The Morgan fingerprint density at radius 1 is 1.13 bits per heavy atom. The lowest BCUT2D eigenvalue weighted by molar-refractivity contribution is -0.136. The normalized spacial score (nSPS) is 22.3. The Labute approximate surface area is 143 Å². The summed E-state index contributed by atoms with van der Waals surface area (Å²) in [6.45, 7) is 2.27. The quantitative estimate of drug-likeness (QED) is 0.771. The highest BCUT2D eigenvalue weighted by Gasteiger charge is 2.47. The molecule has 23 heavy (non-hydrogen) atoms. The number of anilines is 1. The van der Waals surface area contributed by atoms with Crippen molar-refractivity contribution in [1.29, 1.82) is 0 Å². The standard InChI is InChI=1S/C18H13Cl2NO2/c1-18(10-3-2-4-11(19)7-10)13-8-12(20)5-6-14(13)21-15-9-23-17(22)16(15)18/h2-8,21H,9H2,1H3. The van der Waals surface area contributed by atoms with Gasteiger partial charge in [0.1, 0.15) is 6.61 Å². The van der Waals surface area contributed by atoms with Crippen LogP contribution >= 0.6 is 23.2 Å². The number of rotatable bonds is 1. The number of fused-ring (bicyclic) bond motifs is 1. The molecule has 0 amide bonds. The lowest BCUT2D eigenvalue weighted by atomic mass is 9.68. The van der Waals surface area contributed by atoms with Crippen LogP contribution in [0.5, 0.6) is 0 Å². The van der Waals surface area contributed by atoms with Crippen molar-refractivity contribution in [2.24, 2.45) is 0 Å².